The number of hydrogen-bond acceptors (Lipinski definition) is 6. The molecule has 106 valence electrons. The normalized spacial score (nSPS) is 12.1. The Labute approximate surface area is 121 Å². The van der Waals surface area contributed by atoms with Crippen LogP contribution in [0, 0.1) is 6.92 Å². The lowest BCUT2D eigenvalue weighted by molar-refractivity contribution is 0.318. The minimum atomic E-state index is 0.0211. The number of nitrogens with zero attached hydrogens (tertiary/aromatic N) is 4. The lowest BCUT2D eigenvalue weighted by Crippen LogP contribution is -2.19. The van der Waals surface area contributed by atoms with Crippen LogP contribution in [0.5, 0.6) is 0 Å². The molecule has 2 aromatic rings. The first kappa shape index (κ1) is 14.4. The fraction of sp³-hybridized carbons (Fsp3) is 0.308. The summed E-state index contributed by atoms with van der Waals surface area (Å²) in [6, 6.07) is 3.75. The van der Waals surface area contributed by atoms with E-state index in [0.29, 0.717) is 5.69 Å². The monoisotopic (exact) mass is 291 g/mol. The fourth-order valence-corrected chi connectivity index (χ4v) is 2.71. The Morgan fingerprint density at radius 2 is 2.25 bits per heavy atom. The first-order valence-corrected chi connectivity index (χ1v) is 6.98. The van der Waals surface area contributed by atoms with Crippen molar-refractivity contribution in [3.05, 3.63) is 45.7 Å². The lowest BCUT2D eigenvalue weighted by atomic mass is 10.2. The van der Waals surface area contributed by atoms with Crippen LogP contribution in [0.1, 0.15) is 21.8 Å². The van der Waals surface area contributed by atoms with Crippen molar-refractivity contribution >= 4 is 17.2 Å². The molecule has 0 unspecified atom stereocenters. The van der Waals surface area contributed by atoms with E-state index >= 15 is 0 Å². The molecule has 2 rings (SSSR count). The van der Waals surface area contributed by atoms with Gasteiger partial charge in [-0.2, -0.15) is 0 Å². The summed E-state index contributed by atoms with van der Waals surface area (Å²) in [5.41, 5.74) is 10.0. The number of aromatic nitrogens is 2. The standard InChI is InChI=1S/C13H17N5OS/c1-9-12(20-8-16-9)7-18(2)6-10-3-4-15-11(5-10)13(14)17-19/h3-5,8,19H,6-7H2,1-2H3,(H2,14,17). The summed E-state index contributed by atoms with van der Waals surface area (Å²) >= 11 is 1.66. The van der Waals surface area contributed by atoms with Crippen molar-refractivity contribution in [2.75, 3.05) is 7.05 Å². The van der Waals surface area contributed by atoms with E-state index in [-0.39, 0.29) is 5.84 Å². The van der Waals surface area contributed by atoms with Crippen molar-refractivity contribution in [2.24, 2.45) is 10.9 Å². The fourth-order valence-electron chi connectivity index (χ4n) is 1.85. The van der Waals surface area contributed by atoms with Crippen molar-refractivity contribution in [1.29, 1.82) is 0 Å². The molecule has 0 aliphatic heterocycles. The summed E-state index contributed by atoms with van der Waals surface area (Å²) in [6.07, 6.45) is 1.66. The van der Waals surface area contributed by atoms with Crippen molar-refractivity contribution in [2.45, 2.75) is 20.0 Å². The van der Waals surface area contributed by atoms with Crippen molar-refractivity contribution in [1.82, 2.24) is 14.9 Å². The molecule has 0 amide bonds. The average Bonchev–Trinajstić information content (AvgIpc) is 2.83. The summed E-state index contributed by atoms with van der Waals surface area (Å²) < 4.78 is 0. The first-order chi connectivity index (χ1) is 9.60. The molecule has 0 atom stereocenters. The van der Waals surface area contributed by atoms with E-state index < -0.39 is 0 Å². The molecule has 2 heterocycles. The van der Waals surface area contributed by atoms with Crippen LogP contribution in [-0.2, 0) is 13.1 Å². The van der Waals surface area contributed by atoms with E-state index in [1.807, 2.05) is 31.6 Å². The van der Waals surface area contributed by atoms with Gasteiger partial charge in [0.1, 0.15) is 5.69 Å². The molecular weight excluding hydrogens is 274 g/mol. The second-order valence-electron chi connectivity index (χ2n) is 4.57. The van der Waals surface area contributed by atoms with E-state index in [9.17, 15) is 0 Å². The third kappa shape index (κ3) is 3.52. The van der Waals surface area contributed by atoms with Crippen molar-refractivity contribution in [3.63, 3.8) is 0 Å². The Hall–Kier alpha value is -1.99. The Morgan fingerprint density at radius 1 is 1.45 bits per heavy atom. The second-order valence-corrected chi connectivity index (χ2v) is 5.51. The average molecular weight is 291 g/mol. The summed E-state index contributed by atoms with van der Waals surface area (Å²) in [6.45, 7) is 3.62. The Kier molecular flexibility index (Phi) is 4.65. The number of aryl methyl sites for hydroxylation is 1. The van der Waals surface area contributed by atoms with E-state index in [0.717, 1.165) is 24.3 Å². The number of amidine groups is 1. The number of oxime groups is 1. The number of rotatable bonds is 5. The second kappa shape index (κ2) is 6.44. The Morgan fingerprint density at radius 3 is 2.90 bits per heavy atom. The maximum Gasteiger partial charge on any atom is 0.188 e. The number of pyridine rings is 1. The van der Waals surface area contributed by atoms with Gasteiger partial charge in [0.05, 0.1) is 11.2 Å². The van der Waals surface area contributed by atoms with Gasteiger partial charge in [0.2, 0.25) is 0 Å². The minimum absolute atomic E-state index is 0.0211. The molecule has 6 nitrogen and oxygen atoms in total. The first-order valence-electron chi connectivity index (χ1n) is 6.10. The summed E-state index contributed by atoms with van der Waals surface area (Å²) in [7, 11) is 2.04. The molecule has 0 aliphatic carbocycles. The van der Waals surface area contributed by atoms with E-state index in [1.165, 1.54) is 4.88 Å². The van der Waals surface area contributed by atoms with Crippen LogP contribution in [0.15, 0.2) is 29.0 Å². The highest BCUT2D eigenvalue weighted by Crippen LogP contribution is 2.15. The molecular formula is C13H17N5OS. The zero-order valence-electron chi connectivity index (χ0n) is 11.4. The largest absolute Gasteiger partial charge is 0.409 e. The highest BCUT2D eigenvalue weighted by atomic mass is 32.1. The Balaban J connectivity index is 2.04. The van der Waals surface area contributed by atoms with Gasteiger partial charge in [-0.15, -0.1) is 11.3 Å². The lowest BCUT2D eigenvalue weighted by Gasteiger charge is -2.16. The summed E-state index contributed by atoms with van der Waals surface area (Å²) in [4.78, 5) is 11.8. The van der Waals surface area contributed by atoms with Gasteiger partial charge in [-0.1, -0.05) is 5.16 Å². The van der Waals surface area contributed by atoms with Crippen molar-refractivity contribution < 1.29 is 5.21 Å². The molecule has 0 fully saturated rings. The zero-order chi connectivity index (χ0) is 14.5. The zero-order valence-corrected chi connectivity index (χ0v) is 12.3. The van der Waals surface area contributed by atoms with E-state index in [1.54, 1.807) is 17.5 Å². The maximum atomic E-state index is 8.67. The predicted molar refractivity (Wildman–Crippen MR) is 78.8 cm³/mol. The van der Waals surface area contributed by atoms with Crippen molar-refractivity contribution in [3.8, 4) is 0 Å². The van der Waals surface area contributed by atoms with E-state index in [2.05, 4.69) is 20.0 Å². The molecule has 0 spiro atoms. The molecule has 0 saturated heterocycles. The molecule has 20 heavy (non-hydrogen) atoms. The van der Waals surface area contributed by atoms with Gasteiger partial charge < -0.3 is 10.9 Å². The maximum absolute atomic E-state index is 8.67. The van der Waals surface area contributed by atoms with Crippen LogP contribution >= 0.6 is 11.3 Å². The molecule has 0 aliphatic rings. The predicted octanol–water partition coefficient (Wildman–Crippen LogP) is 1.57. The molecule has 0 aromatic carbocycles. The SMILES string of the molecule is Cc1ncsc1CN(C)Cc1ccnc(C(N)=NO)c1. The van der Waals surface area contributed by atoms with Gasteiger partial charge in [0.15, 0.2) is 5.84 Å². The third-order valence-electron chi connectivity index (χ3n) is 2.91. The van der Waals surface area contributed by atoms with Crippen LogP contribution < -0.4 is 5.73 Å². The van der Waals surface area contributed by atoms with Gasteiger partial charge in [-0.05, 0) is 31.7 Å². The molecule has 2 aromatic heterocycles. The van der Waals surface area contributed by atoms with Crippen LogP contribution in [0.25, 0.3) is 0 Å². The topological polar surface area (TPSA) is 87.6 Å². The van der Waals surface area contributed by atoms with Gasteiger partial charge in [0, 0.05) is 24.2 Å². The molecule has 3 N–H and O–H groups in total. The molecule has 0 bridgehead atoms. The highest BCUT2D eigenvalue weighted by molar-refractivity contribution is 7.09. The number of thiazole rings is 1. The minimum Gasteiger partial charge on any atom is -0.409 e. The van der Waals surface area contributed by atoms with Gasteiger partial charge in [-0.3, -0.25) is 9.88 Å². The van der Waals surface area contributed by atoms with Crippen LogP contribution in [0.2, 0.25) is 0 Å². The molecule has 0 saturated carbocycles. The molecule has 7 heteroatoms. The molecule has 0 radical (unpaired) electrons. The van der Waals surface area contributed by atoms with Gasteiger partial charge >= 0.3 is 0 Å². The third-order valence-corrected chi connectivity index (χ3v) is 3.83. The number of nitrogens with two attached hydrogens (primary N) is 1. The summed E-state index contributed by atoms with van der Waals surface area (Å²) in [5, 5.41) is 11.6. The van der Waals surface area contributed by atoms with E-state index in [4.69, 9.17) is 10.9 Å². The van der Waals surface area contributed by atoms with Crippen LogP contribution in [0.3, 0.4) is 0 Å². The Bertz CT molecular complexity index is 610. The quantitative estimate of drug-likeness (QED) is 0.378. The van der Waals surface area contributed by atoms with Gasteiger partial charge in [0.25, 0.3) is 0 Å². The van der Waals surface area contributed by atoms with Crippen LogP contribution in [0.4, 0.5) is 0 Å². The number of hydrogen-bond donors (Lipinski definition) is 2. The summed E-state index contributed by atoms with van der Waals surface area (Å²) in [5.74, 6) is 0.0211. The van der Waals surface area contributed by atoms with Gasteiger partial charge in [-0.25, -0.2) is 4.98 Å². The highest BCUT2D eigenvalue weighted by Gasteiger charge is 2.08. The van der Waals surface area contributed by atoms with Crippen LogP contribution in [-0.4, -0.2) is 33.0 Å². The smallest absolute Gasteiger partial charge is 0.188 e.